The van der Waals surface area contributed by atoms with Gasteiger partial charge in [-0.05, 0) is 12.1 Å². The highest BCUT2D eigenvalue weighted by Gasteiger charge is 2.14. The minimum atomic E-state index is -0.700. The number of aromatic nitrogens is 2. The lowest BCUT2D eigenvalue weighted by molar-refractivity contribution is -0.144. The van der Waals surface area contributed by atoms with E-state index < -0.39 is 29.7 Å². The minimum absolute atomic E-state index is 0.00823. The molecule has 0 aliphatic heterocycles. The summed E-state index contributed by atoms with van der Waals surface area (Å²) in [5, 5.41) is 3.04. The summed E-state index contributed by atoms with van der Waals surface area (Å²) in [6, 6.07) is 4.24. The van der Waals surface area contributed by atoms with Gasteiger partial charge in [0.2, 0.25) is 0 Å². The Morgan fingerprint density at radius 2 is 1.79 bits per heavy atom. The van der Waals surface area contributed by atoms with E-state index in [2.05, 4.69) is 5.32 Å². The second kappa shape index (κ2) is 9.51. The molecule has 1 amide bonds. The van der Waals surface area contributed by atoms with Gasteiger partial charge in [0.15, 0.2) is 6.61 Å². The third-order valence-corrected chi connectivity index (χ3v) is 5.94. The van der Waals surface area contributed by atoms with E-state index in [-0.39, 0.29) is 21.6 Å². The van der Waals surface area contributed by atoms with Gasteiger partial charge in [0.1, 0.15) is 5.82 Å². The molecule has 0 spiro atoms. The Morgan fingerprint density at radius 3 is 2.46 bits per heavy atom. The maximum absolute atomic E-state index is 11.9. The number of anilines is 1. The molecule has 0 aliphatic carbocycles. The molecular weight excluding hydrogens is 453 g/mol. The quantitative estimate of drug-likeness (QED) is 0.398. The van der Waals surface area contributed by atoms with Crippen LogP contribution in [0, 0.1) is 0 Å². The van der Waals surface area contributed by atoms with E-state index in [4.69, 9.17) is 39.5 Å². The molecule has 0 radical (unpaired) electrons. The zero-order chi connectivity index (χ0) is 21.0. The standard InChI is InChI=1S/C16H14Cl3N3O5S/c1-21-10(5-12(24)22(2)16(21)26)20-11(23)6-27-13(25)7-28-9-4-3-8(17)14(18)15(9)19/h3-5H,6-7H2,1-2H3,(H,20,23). The van der Waals surface area contributed by atoms with Crippen LogP contribution in [0.25, 0.3) is 0 Å². The molecule has 1 N–H and O–H groups in total. The van der Waals surface area contributed by atoms with E-state index in [1.807, 2.05) is 0 Å². The normalized spacial score (nSPS) is 10.6. The van der Waals surface area contributed by atoms with E-state index in [1.165, 1.54) is 14.1 Å². The lowest BCUT2D eigenvalue weighted by atomic mass is 10.4. The molecule has 2 rings (SSSR count). The highest BCUT2D eigenvalue weighted by Crippen LogP contribution is 2.37. The third-order valence-electron chi connectivity index (χ3n) is 3.50. The van der Waals surface area contributed by atoms with Crippen molar-refractivity contribution in [2.75, 3.05) is 17.7 Å². The van der Waals surface area contributed by atoms with Crippen molar-refractivity contribution in [2.45, 2.75) is 4.90 Å². The maximum atomic E-state index is 11.9. The van der Waals surface area contributed by atoms with Crippen LogP contribution in [-0.2, 0) is 28.4 Å². The topological polar surface area (TPSA) is 99.4 Å². The first-order chi connectivity index (χ1) is 13.1. The van der Waals surface area contributed by atoms with Gasteiger partial charge in [0.25, 0.3) is 11.5 Å². The number of thioether (sulfide) groups is 1. The van der Waals surface area contributed by atoms with Crippen LogP contribution in [0.1, 0.15) is 0 Å². The molecule has 0 unspecified atom stereocenters. The van der Waals surface area contributed by atoms with Crippen molar-refractivity contribution < 1.29 is 14.3 Å². The van der Waals surface area contributed by atoms with Gasteiger partial charge in [-0.15, -0.1) is 11.8 Å². The highest BCUT2D eigenvalue weighted by molar-refractivity contribution is 8.00. The molecule has 0 aliphatic rings. The molecule has 0 fully saturated rings. The minimum Gasteiger partial charge on any atom is -0.455 e. The van der Waals surface area contributed by atoms with Crippen molar-refractivity contribution in [3.8, 4) is 0 Å². The molecule has 0 bridgehead atoms. The number of hydrogen-bond donors (Lipinski definition) is 1. The summed E-state index contributed by atoms with van der Waals surface area (Å²) in [4.78, 5) is 47.7. The number of benzene rings is 1. The summed E-state index contributed by atoms with van der Waals surface area (Å²) in [5.74, 6) is -1.49. The fourth-order valence-corrected chi connectivity index (χ4v) is 3.48. The van der Waals surface area contributed by atoms with E-state index in [1.54, 1.807) is 12.1 Å². The number of ether oxygens (including phenoxy) is 1. The molecule has 1 aromatic heterocycles. The molecule has 2 aromatic rings. The van der Waals surface area contributed by atoms with Gasteiger partial charge in [-0.2, -0.15) is 0 Å². The second-order valence-corrected chi connectivity index (χ2v) is 7.62. The fourth-order valence-electron chi connectivity index (χ4n) is 1.98. The number of esters is 1. The van der Waals surface area contributed by atoms with Crippen molar-refractivity contribution in [1.29, 1.82) is 0 Å². The van der Waals surface area contributed by atoms with Gasteiger partial charge < -0.3 is 10.1 Å². The number of nitrogens with zero attached hydrogens (tertiary/aromatic N) is 2. The molecule has 1 aromatic carbocycles. The van der Waals surface area contributed by atoms with Gasteiger partial charge in [-0.3, -0.25) is 23.5 Å². The van der Waals surface area contributed by atoms with Gasteiger partial charge >= 0.3 is 11.7 Å². The first-order valence-corrected chi connectivity index (χ1v) is 9.72. The average molecular weight is 467 g/mol. The Bertz CT molecular complexity index is 1050. The Kier molecular flexibility index (Phi) is 7.59. The van der Waals surface area contributed by atoms with Crippen LogP contribution in [0.4, 0.5) is 5.82 Å². The first-order valence-electron chi connectivity index (χ1n) is 7.60. The van der Waals surface area contributed by atoms with Crippen LogP contribution < -0.4 is 16.6 Å². The van der Waals surface area contributed by atoms with E-state index in [9.17, 15) is 19.2 Å². The Balaban J connectivity index is 1.90. The van der Waals surface area contributed by atoms with Crippen LogP contribution in [0.3, 0.4) is 0 Å². The van der Waals surface area contributed by atoms with Crippen LogP contribution >= 0.6 is 46.6 Å². The summed E-state index contributed by atoms with van der Waals surface area (Å²) >= 11 is 18.9. The Labute approximate surface area is 178 Å². The summed E-state index contributed by atoms with van der Waals surface area (Å²) in [7, 11) is 2.71. The monoisotopic (exact) mass is 465 g/mol. The summed E-state index contributed by atoms with van der Waals surface area (Å²) in [6.45, 7) is -0.585. The number of carbonyl (C=O) groups excluding carboxylic acids is 2. The molecule has 0 saturated heterocycles. The number of rotatable bonds is 6. The number of halogens is 3. The number of carbonyl (C=O) groups is 2. The predicted octanol–water partition coefficient (Wildman–Crippen LogP) is 2.32. The van der Waals surface area contributed by atoms with Crippen molar-refractivity contribution >= 4 is 64.3 Å². The smallest absolute Gasteiger partial charge is 0.332 e. The van der Waals surface area contributed by atoms with Crippen molar-refractivity contribution in [3.05, 3.63) is 54.1 Å². The first kappa shape index (κ1) is 22.4. The predicted molar refractivity (Wildman–Crippen MR) is 109 cm³/mol. The molecule has 150 valence electrons. The summed E-state index contributed by atoms with van der Waals surface area (Å²) < 4.78 is 6.85. The molecule has 28 heavy (non-hydrogen) atoms. The maximum Gasteiger partial charge on any atom is 0.332 e. The molecule has 12 heteroatoms. The van der Waals surface area contributed by atoms with Crippen LogP contribution in [0.5, 0.6) is 0 Å². The number of amides is 1. The van der Waals surface area contributed by atoms with E-state index in [0.29, 0.717) is 9.92 Å². The van der Waals surface area contributed by atoms with Crippen LogP contribution in [-0.4, -0.2) is 33.4 Å². The largest absolute Gasteiger partial charge is 0.455 e. The summed E-state index contributed by atoms with van der Waals surface area (Å²) in [5.41, 5.74) is -1.18. The molecular formula is C16H14Cl3N3O5S. The number of hydrogen-bond acceptors (Lipinski definition) is 6. The van der Waals surface area contributed by atoms with Crippen LogP contribution in [0.2, 0.25) is 15.1 Å². The second-order valence-electron chi connectivity index (χ2n) is 5.44. The molecule has 1 heterocycles. The Hall–Kier alpha value is -1.94. The van der Waals surface area contributed by atoms with E-state index >= 15 is 0 Å². The van der Waals surface area contributed by atoms with Gasteiger partial charge in [0.05, 0.1) is 20.8 Å². The van der Waals surface area contributed by atoms with Crippen molar-refractivity contribution in [3.63, 3.8) is 0 Å². The zero-order valence-electron chi connectivity index (χ0n) is 14.6. The number of nitrogens with one attached hydrogen (secondary N) is 1. The highest BCUT2D eigenvalue weighted by atomic mass is 35.5. The van der Waals surface area contributed by atoms with Crippen LogP contribution in [0.15, 0.2) is 32.7 Å². The lowest BCUT2D eigenvalue weighted by Crippen LogP contribution is -2.38. The summed E-state index contributed by atoms with van der Waals surface area (Å²) in [6.07, 6.45) is 0. The van der Waals surface area contributed by atoms with Gasteiger partial charge in [-0.1, -0.05) is 34.8 Å². The van der Waals surface area contributed by atoms with Gasteiger partial charge in [0, 0.05) is 25.1 Å². The Morgan fingerprint density at radius 1 is 1.11 bits per heavy atom. The fraction of sp³-hybridized carbons (Fsp3) is 0.250. The lowest BCUT2D eigenvalue weighted by Gasteiger charge is -2.11. The molecule has 0 atom stereocenters. The van der Waals surface area contributed by atoms with E-state index in [0.717, 1.165) is 27.0 Å². The van der Waals surface area contributed by atoms with Gasteiger partial charge in [-0.25, -0.2) is 4.79 Å². The third kappa shape index (κ3) is 5.32. The zero-order valence-corrected chi connectivity index (χ0v) is 17.7. The average Bonchev–Trinajstić information content (AvgIpc) is 2.66. The molecule has 8 nitrogen and oxygen atoms in total. The van der Waals surface area contributed by atoms with Crippen molar-refractivity contribution in [1.82, 2.24) is 9.13 Å². The molecule has 0 saturated carbocycles. The SMILES string of the molecule is Cn1c(NC(=O)COC(=O)CSc2ccc(Cl)c(Cl)c2Cl)cc(=O)n(C)c1=O. The van der Waals surface area contributed by atoms with Crippen molar-refractivity contribution in [2.24, 2.45) is 14.1 Å².